The van der Waals surface area contributed by atoms with Crippen molar-refractivity contribution in [2.24, 2.45) is 0 Å². The summed E-state index contributed by atoms with van der Waals surface area (Å²) in [6, 6.07) is 9.99. The molecule has 1 N–H and O–H groups in total. The highest BCUT2D eigenvalue weighted by molar-refractivity contribution is 7.13. The first kappa shape index (κ1) is 18.8. The Labute approximate surface area is 166 Å². The van der Waals surface area contributed by atoms with Crippen molar-refractivity contribution in [2.75, 3.05) is 13.1 Å². The van der Waals surface area contributed by atoms with E-state index in [-0.39, 0.29) is 24.3 Å². The number of aromatic nitrogens is 2. The Kier molecular flexibility index (Phi) is 5.78. The zero-order valence-corrected chi connectivity index (χ0v) is 16.1. The van der Waals surface area contributed by atoms with E-state index < -0.39 is 0 Å². The molecular formula is C20H21FN4O2S. The number of hydrogen-bond donors (Lipinski definition) is 1. The molecule has 0 aliphatic carbocycles. The topological polar surface area (TPSA) is 71.3 Å². The summed E-state index contributed by atoms with van der Waals surface area (Å²) in [5.74, 6) is 0.799. The molecule has 3 heterocycles. The third-order valence-corrected chi connectivity index (χ3v) is 5.70. The zero-order valence-electron chi connectivity index (χ0n) is 15.3. The van der Waals surface area contributed by atoms with E-state index in [2.05, 4.69) is 20.4 Å². The number of halogens is 1. The van der Waals surface area contributed by atoms with Gasteiger partial charge >= 0.3 is 0 Å². The quantitative estimate of drug-likeness (QED) is 0.682. The number of benzene rings is 1. The zero-order chi connectivity index (χ0) is 19.3. The predicted octanol–water partition coefficient (Wildman–Crippen LogP) is 3.78. The number of likely N-dealkylation sites (tertiary alicyclic amines) is 1. The Bertz CT molecular complexity index is 911. The van der Waals surface area contributed by atoms with E-state index in [0.29, 0.717) is 18.3 Å². The molecule has 1 saturated heterocycles. The molecule has 1 unspecified atom stereocenters. The molecule has 1 aromatic carbocycles. The highest BCUT2D eigenvalue weighted by Gasteiger charge is 2.30. The fourth-order valence-electron chi connectivity index (χ4n) is 3.38. The number of carbonyl (C=O) groups excluding carboxylic acids is 1. The number of amides is 1. The number of rotatable bonds is 6. The molecule has 1 amide bonds. The van der Waals surface area contributed by atoms with Crippen LogP contribution in [0.25, 0.3) is 10.7 Å². The van der Waals surface area contributed by atoms with Crippen LogP contribution in [0.15, 0.2) is 46.3 Å². The molecule has 146 valence electrons. The summed E-state index contributed by atoms with van der Waals surface area (Å²) < 4.78 is 18.5. The summed E-state index contributed by atoms with van der Waals surface area (Å²) in [5, 5.41) is 8.97. The van der Waals surface area contributed by atoms with Crippen molar-refractivity contribution < 1.29 is 13.7 Å². The van der Waals surface area contributed by atoms with Gasteiger partial charge in [0, 0.05) is 6.54 Å². The van der Waals surface area contributed by atoms with Gasteiger partial charge in [0.05, 0.1) is 17.5 Å². The van der Waals surface area contributed by atoms with Gasteiger partial charge in [0.15, 0.2) is 0 Å². The molecular weight excluding hydrogens is 379 g/mol. The molecule has 1 fully saturated rings. The average molecular weight is 400 g/mol. The van der Waals surface area contributed by atoms with Gasteiger partial charge in [-0.15, -0.1) is 11.3 Å². The number of hydrogen-bond acceptors (Lipinski definition) is 6. The number of thiophene rings is 1. The first-order chi connectivity index (χ1) is 13.7. The second-order valence-corrected chi connectivity index (χ2v) is 7.77. The van der Waals surface area contributed by atoms with Crippen LogP contribution >= 0.6 is 11.3 Å². The number of piperidine rings is 1. The fraction of sp³-hybridized carbons (Fsp3) is 0.350. The van der Waals surface area contributed by atoms with Crippen molar-refractivity contribution >= 4 is 17.2 Å². The van der Waals surface area contributed by atoms with Crippen LogP contribution in [0.2, 0.25) is 0 Å². The van der Waals surface area contributed by atoms with E-state index in [1.165, 1.54) is 12.1 Å². The minimum Gasteiger partial charge on any atom is -0.351 e. The number of nitrogens with one attached hydrogen (secondary N) is 1. The van der Waals surface area contributed by atoms with Gasteiger partial charge in [-0.3, -0.25) is 9.69 Å². The van der Waals surface area contributed by atoms with E-state index in [4.69, 9.17) is 4.52 Å². The lowest BCUT2D eigenvalue weighted by molar-refractivity contribution is -0.123. The highest BCUT2D eigenvalue weighted by Crippen LogP contribution is 2.31. The molecule has 1 aliphatic heterocycles. The summed E-state index contributed by atoms with van der Waals surface area (Å²) in [4.78, 5) is 20.0. The second kappa shape index (κ2) is 8.62. The minimum absolute atomic E-state index is 0.0495. The maximum absolute atomic E-state index is 13.0. The molecule has 0 bridgehead atoms. The van der Waals surface area contributed by atoms with Gasteiger partial charge in [-0.05, 0) is 48.5 Å². The van der Waals surface area contributed by atoms with Crippen molar-refractivity contribution in [1.82, 2.24) is 20.4 Å². The van der Waals surface area contributed by atoms with Crippen LogP contribution in [0.4, 0.5) is 4.39 Å². The van der Waals surface area contributed by atoms with Crippen molar-refractivity contribution in [3.63, 3.8) is 0 Å². The Balaban J connectivity index is 1.38. The minimum atomic E-state index is -0.285. The summed E-state index contributed by atoms with van der Waals surface area (Å²) >= 11 is 1.57. The van der Waals surface area contributed by atoms with Crippen LogP contribution in [-0.2, 0) is 11.3 Å². The number of nitrogens with zero attached hydrogens (tertiary/aromatic N) is 3. The summed E-state index contributed by atoms with van der Waals surface area (Å²) in [6.07, 6.45) is 2.99. The Hall–Kier alpha value is -2.58. The maximum Gasteiger partial charge on any atom is 0.244 e. The van der Waals surface area contributed by atoms with Crippen molar-refractivity contribution in [3.05, 3.63) is 59.0 Å². The highest BCUT2D eigenvalue weighted by atomic mass is 32.1. The van der Waals surface area contributed by atoms with Crippen molar-refractivity contribution in [1.29, 1.82) is 0 Å². The molecule has 6 nitrogen and oxygen atoms in total. The van der Waals surface area contributed by atoms with Gasteiger partial charge in [-0.1, -0.05) is 29.8 Å². The van der Waals surface area contributed by atoms with Crippen LogP contribution < -0.4 is 5.32 Å². The Morgan fingerprint density at radius 2 is 2.14 bits per heavy atom. The van der Waals surface area contributed by atoms with Crippen LogP contribution in [0.1, 0.15) is 36.8 Å². The third-order valence-electron chi connectivity index (χ3n) is 4.83. The van der Waals surface area contributed by atoms with E-state index >= 15 is 0 Å². The van der Waals surface area contributed by atoms with E-state index in [1.807, 2.05) is 17.5 Å². The van der Waals surface area contributed by atoms with Crippen LogP contribution in [0, 0.1) is 5.82 Å². The second-order valence-electron chi connectivity index (χ2n) is 6.82. The molecule has 0 radical (unpaired) electrons. The molecule has 4 rings (SSSR count). The lowest BCUT2D eigenvalue weighted by Crippen LogP contribution is -2.41. The van der Waals surface area contributed by atoms with Gasteiger partial charge in [-0.2, -0.15) is 4.98 Å². The fourth-order valence-corrected chi connectivity index (χ4v) is 4.03. The van der Waals surface area contributed by atoms with E-state index in [9.17, 15) is 9.18 Å². The first-order valence-corrected chi connectivity index (χ1v) is 10.2. The molecule has 3 aromatic rings. The largest absolute Gasteiger partial charge is 0.351 e. The maximum atomic E-state index is 13.0. The molecule has 0 spiro atoms. The standard InChI is InChI=1S/C20H21FN4O2S/c21-15-8-6-14(7-9-15)12-22-18(26)13-25-10-2-1-4-16(25)20-23-19(24-27-20)17-5-3-11-28-17/h3,5-9,11,16H,1-2,4,10,12-13H2,(H,22,26). The molecule has 0 saturated carbocycles. The normalized spacial score (nSPS) is 17.5. The molecule has 8 heteroatoms. The first-order valence-electron chi connectivity index (χ1n) is 9.32. The van der Waals surface area contributed by atoms with Gasteiger partial charge in [0.25, 0.3) is 0 Å². The summed E-state index contributed by atoms with van der Waals surface area (Å²) in [5.41, 5.74) is 0.863. The molecule has 2 aromatic heterocycles. The van der Waals surface area contributed by atoms with Crippen molar-refractivity contribution in [2.45, 2.75) is 31.8 Å². The average Bonchev–Trinajstić information content (AvgIpc) is 3.40. The van der Waals surface area contributed by atoms with Crippen LogP contribution in [-0.4, -0.2) is 34.0 Å². The van der Waals surface area contributed by atoms with Gasteiger partial charge in [0.1, 0.15) is 5.82 Å². The van der Waals surface area contributed by atoms with Crippen LogP contribution in [0.3, 0.4) is 0 Å². The van der Waals surface area contributed by atoms with Gasteiger partial charge in [0.2, 0.25) is 17.6 Å². The smallest absolute Gasteiger partial charge is 0.244 e. The monoisotopic (exact) mass is 400 g/mol. The lowest BCUT2D eigenvalue weighted by Gasteiger charge is -2.32. The van der Waals surface area contributed by atoms with Crippen LogP contribution in [0.5, 0.6) is 0 Å². The molecule has 28 heavy (non-hydrogen) atoms. The van der Waals surface area contributed by atoms with E-state index in [0.717, 1.165) is 36.2 Å². The van der Waals surface area contributed by atoms with E-state index in [1.54, 1.807) is 23.5 Å². The lowest BCUT2D eigenvalue weighted by atomic mass is 10.0. The Morgan fingerprint density at radius 1 is 1.29 bits per heavy atom. The van der Waals surface area contributed by atoms with Gasteiger partial charge < -0.3 is 9.84 Å². The number of carbonyl (C=O) groups is 1. The van der Waals surface area contributed by atoms with Crippen molar-refractivity contribution in [3.8, 4) is 10.7 Å². The summed E-state index contributed by atoms with van der Waals surface area (Å²) in [6.45, 7) is 1.45. The summed E-state index contributed by atoms with van der Waals surface area (Å²) in [7, 11) is 0. The SMILES string of the molecule is O=C(CN1CCCCC1c1nc(-c2cccs2)no1)NCc1ccc(F)cc1. The Morgan fingerprint density at radius 3 is 2.93 bits per heavy atom. The predicted molar refractivity (Wildman–Crippen MR) is 104 cm³/mol. The molecule has 1 atom stereocenters. The third kappa shape index (κ3) is 4.45. The molecule has 1 aliphatic rings. The van der Waals surface area contributed by atoms with Gasteiger partial charge in [-0.25, -0.2) is 4.39 Å².